The molecule has 1 aliphatic rings. The van der Waals surface area contributed by atoms with Crippen LogP contribution in [-0.4, -0.2) is 45.2 Å². The van der Waals surface area contributed by atoms with Crippen LogP contribution < -0.4 is 0 Å². The number of ether oxygens (including phenoxy) is 2. The Hall–Kier alpha value is -2.35. The molecule has 1 aliphatic heterocycles. The summed E-state index contributed by atoms with van der Waals surface area (Å²) >= 11 is 3.45. The molecule has 1 aromatic heterocycles. The van der Waals surface area contributed by atoms with E-state index in [4.69, 9.17) is 4.74 Å². The number of carbonyl (C=O) groups is 2. The van der Waals surface area contributed by atoms with Crippen LogP contribution in [0, 0.1) is 0 Å². The molecule has 1 aromatic carbocycles. The van der Waals surface area contributed by atoms with Gasteiger partial charge in [0.25, 0.3) is 6.47 Å². The molecule has 0 bridgehead atoms. The highest BCUT2D eigenvalue weighted by Gasteiger charge is 2.45. The maximum absolute atomic E-state index is 12.6. The maximum atomic E-state index is 12.6. The molecule has 0 unspecified atom stereocenters. The lowest BCUT2D eigenvalue weighted by Crippen LogP contribution is -2.46. The van der Waals surface area contributed by atoms with Crippen molar-refractivity contribution in [2.24, 2.45) is 0 Å². The van der Waals surface area contributed by atoms with E-state index < -0.39 is 11.1 Å². The highest BCUT2D eigenvalue weighted by atomic mass is 79.9. The van der Waals surface area contributed by atoms with Crippen molar-refractivity contribution >= 4 is 28.5 Å². The summed E-state index contributed by atoms with van der Waals surface area (Å²) < 4.78 is 11.2. The first kappa shape index (κ1) is 25.9. The third kappa shape index (κ3) is 7.08. The fraction of sp³-hybridized carbons (Fsp3) is 0.542. The van der Waals surface area contributed by atoms with Gasteiger partial charge in [-0.25, -0.2) is 9.78 Å². The van der Waals surface area contributed by atoms with Crippen LogP contribution in [0.5, 0.6) is 0 Å². The Kier molecular flexibility index (Phi) is 8.15. The third-order valence-corrected chi connectivity index (χ3v) is 5.43. The predicted octanol–water partition coefficient (Wildman–Crippen LogP) is 6.04. The first-order valence-electron chi connectivity index (χ1n) is 10.7. The molecule has 8 heteroatoms. The van der Waals surface area contributed by atoms with Gasteiger partial charge in [-0.3, -0.25) is 9.69 Å². The number of nitrogens with one attached hydrogen (secondary N) is 1. The number of amides is 1. The Morgan fingerprint density at radius 1 is 1.16 bits per heavy atom. The van der Waals surface area contributed by atoms with Gasteiger partial charge in [0.15, 0.2) is 0 Å². The zero-order valence-electron chi connectivity index (χ0n) is 20.0. The van der Waals surface area contributed by atoms with Gasteiger partial charge in [-0.1, -0.05) is 28.1 Å². The lowest BCUT2D eigenvalue weighted by Gasteiger charge is -2.34. The number of carbonyl (C=O) groups excluding carboxylic acids is 2. The molecule has 3 rings (SSSR count). The molecule has 7 nitrogen and oxygen atoms in total. The zero-order chi connectivity index (χ0) is 24.2. The van der Waals surface area contributed by atoms with Gasteiger partial charge in [-0.15, -0.1) is 0 Å². The first-order valence-corrected chi connectivity index (χ1v) is 11.5. The number of halogens is 1. The van der Waals surface area contributed by atoms with Crippen LogP contribution in [0.2, 0.25) is 0 Å². The highest BCUT2D eigenvalue weighted by molar-refractivity contribution is 9.10. The van der Waals surface area contributed by atoms with Crippen LogP contribution in [0.1, 0.15) is 67.1 Å². The zero-order valence-corrected chi connectivity index (χ0v) is 21.6. The van der Waals surface area contributed by atoms with E-state index >= 15 is 0 Å². The number of benzene rings is 1. The normalized spacial score (nSPS) is 18.6. The number of H-pyrrole nitrogens is 1. The van der Waals surface area contributed by atoms with Crippen molar-refractivity contribution in [2.75, 3.05) is 6.54 Å². The summed E-state index contributed by atoms with van der Waals surface area (Å²) in [6.07, 6.45) is 3.34. The summed E-state index contributed by atoms with van der Waals surface area (Å²) in [7, 11) is 0. The van der Waals surface area contributed by atoms with Gasteiger partial charge in [-0.2, -0.15) is 0 Å². The smallest absolute Gasteiger partial charge is 0.411 e. The minimum absolute atomic E-state index is 0.283. The van der Waals surface area contributed by atoms with Crippen molar-refractivity contribution in [3.05, 3.63) is 40.8 Å². The van der Waals surface area contributed by atoms with Crippen molar-refractivity contribution in [2.45, 2.75) is 78.0 Å². The van der Waals surface area contributed by atoms with Crippen LogP contribution in [0.3, 0.4) is 0 Å². The highest BCUT2D eigenvalue weighted by Crippen LogP contribution is 2.38. The van der Waals surface area contributed by atoms with Gasteiger partial charge >= 0.3 is 6.09 Å². The van der Waals surface area contributed by atoms with E-state index in [2.05, 4.69) is 30.6 Å². The molecule has 1 N–H and O–H groups in total. The van der Waals surface area contributed by atoms with Crippen LogP contribution in [0.15, 0.2) is 34.9 Å². The topological polar surface area (TPSA) is 84.5 Å². The van der Waals surface area contributed by atoms with Crippen molar-refractivity contribution in [3.63, 3.8) is 0 Å². The van der Waals surface area contributed by atoms with Gasteiger partial charge in [0.05, 0.1) is 11.9 Å². The quantitative estimate of drug-likeness (QED) is 0.511. The first-order chi connectivity index (χ1) is 14.7. The minimum atomic E-state index is -0.508. The average Bonchev–Trinajstić information content (AvgIpc) is 3.28. The number of hydrogen-bond donors (Lipinski definition) is 1. The minimum Gasteiger partial charge on any atom is -0.462 e. The molecule has 2 aromatic rings. The van der Waals surface area contributed by atoms with Gasteiger partial charge in [0.2, 0.25) is 0 Å². The number of imidazole rings is 1. The number of nitrogens with zero attached hydrogens (tertiary/aromatic N) is 2. The fourth-order valence-electron chi connectivity index (χ4n) is 3.33. The number of aromatic nitrogens is 2. The Morgan fingerprint density at radius 3 is 2.28 bits per heavy atom. The molecule has 1 amide bonds. The van der Waals surface area contributed by atoms with Crippen LogP contribution in [0.25, 0.3) is 11.3 Å². The molecule has 1 fully saturated rings. The molecule has 0 aliphatic carbocycles. The SMILES string of the molecule is CC(C)(C)OC(=O)N1CCC[C@@]1(C)c1ncc(-c2ccc(Br)cc2)[nH]1.CC(C)(C)OC=O. The molecule has 0 saturated carbocycles. The second-order valence-corrected chi connectivity index (χ2v) is 10.9. The Morgan fingerprint density at radius 2 is 1.78 bits per heavy atom. The predicted molar refractivity (Wildman–Crippen MR) is 128 cm³/mol. The standard InChI is InChI=1S/C19H24BrN3O2.C5H10O2/c1-18(2,3)25-17(24)23-11-5-10-19(23,4)16-21-12-15(22-16)13-6-8-14(20)9-7-13;1-5(2,3)7-4-6/h6-9,12H,5,10-11H2,1-4H3,(H,21,22);4H,1-3H3/t19-;/m0./s1. The van der Waals surface area contributed by atoms with E-state index in [1.54, 1.807) is 4.90 Å². The van der Waals surface area contributed by atoms with Crippen molar-refractivity contribution < 1.29 is 19.1 Å². The molecule has 2 heterocycles. The van der Waals surface area contributed by atoms with E-state index in [1.165, 1.54) is 0 Å². The molecule has 1 atom stereocenters. The number of aromatic amines is 1. The third-order valence-electron chi connectivity index (χ3n) is 4.90. The Balaban J connectivity index is 0.000000451. The fourth-order valence-corrected chi connectivity index (χ4v) is 3.60. The average molecular weight is 508 g/mol. The van der Waals surface area contributed by atoms with Crippen LogP contribution in [-0.2, 0) is 19.8 Å². The van der Waals surface area contributed by atoms with Crippen molar-refractivity contribution in [3.8, 4) is 11.3 Å². The lowest BCUT2D eigenvalue weighted by atomic mass is 9.98. The van der Waals surface area contributed by atoms with Crippen LogP contribution in [0.4, 0.5) is 4.79 Å². The summed E-state index contributed by atoms with van der Waals surface area (Å²) in [5, 5.41) is 0. The van der Waals surface area contributed by atoms with Crippen molar-refractivity contribution in [1.29, 1.82) is 0 Å². The molecule has 0 spiro atoms. The monoisotopic (exact) mass is 507 g/mol. The van der Waals surface area contributed by atoms with Gasteiger partial charge in [-0.05, 0) is 79.0 Å². The number of rotatable bonds is 3. The number of hydrogen-bond acceptors (Lipinski definition) is 5. The van der Waals surface area contributed by atoms with E-state index in [0.717, 1.165) is 34.4 Å². The van der Waals surface area contributed by atoms with E-state index in [0.29, 0.717) is 13.0 Å². The van der Waals surface area contributed by atoms with E-state index in [-0.39, 0.29) is 11.7 Å². The second kappa shape index (κ2) is 10.1. The second-order valence-electron chi connectivity index (χ2n) is 9.99. The maximum Gasteiger partial charge on any atom is 0.411 e. The molecule has 1 saturated heterocycles. The van der Waals surface area contributed by atoms with E-state index in [9.17, 15) is 9.59 Å². The molecule has 176 valence electrons. The molecule has 0 radical (unpaired) electrons. The van der Waals surface area contributed by atoms with Gasteiger partial charge in [0.1, 0.15) is 22.6 Å². The Labute approximate surface area is 199 Å². The summed E-state index contributed by atoms with van der Waals surface area (Å²) in [6, 6.07) is 8.06. The molecular formula is C24H34BrN3O4. The van der Waals surface area contributed by atoms with Gasteiger partial charge < -0.3 is 14.5 Å². The molecular weight excluding hydrogens is 474 g/mol. The summed E-state index contributed by atoms with van der Waals surface area (Å²) in [5.41, 5.74) is 0.705. The van der Waals surface area contributed by atoms with Gasteiger partial charge in [0, 0.05) is 11.0 Å². The summed E-state index contributed by atoms with van der Waals surface area (Å²) in [4.78, 5) is 32.0. The Bertz CT molecular complexity index is 913. The van der Waals surface area contributed by atoms with Crippen LogP contribution >= 0.6 is 15.9 Å². The summed E-state index contributed by atoms with van der Waals surface area (Å²) in [5.74, 6) is 0.800. The van der Waals surface area contributed by atoms with E-state index in [1.807, 2.05) is 78.9 Å². The number of likely N-dealkylation sites (tertiary alicyclic amines) is 1. The molecule has 32 heavy (non-hydrogen) atoms. The van der Waals surface area contributed by atoms with Crippen molar-refractivity contribution in [1.82, 2.24) is 14.9 Å². The largest absolute Gasteiger partial charge is 0.462 e. The lowest BCUT2D eigenvalue weighted by molar-refractivity contribution is -0.138. The summed E-state index contributed by atoms with van der Waals surface area (Å²) in [6.45, 7) is 14.3.